The lowest BCUT2D eigenvalue weighted by atomic mass is 9.77. The van der Waals surface area contributed by atoms with E-state index >= 15 is 0 Å². The van der Waals surface area contributed by atoms with Crippen molar-refractivity contribution in [1.82, 2.24) is 0 Å². The first kappa shape index (κ1) is 19.3. The lowest BCUT2D eigenvalue weighted by Gasteiger charge is -2.33. The zero-order valence-corrected chi connectivity index (χ0v) is 15.6. The topological polar surface area (TPSA) is 9.23 Å². The Kier molecular flexibility index (Phi) is 8.63. The summed E-state index contributed by atoms with van der Waals surface area (Å²) in [6.45, 7) is 4.46. The van der Waals surface area contributed by atoms with E-state index < -0.39 is 0 Å². The van der Waals surface area contributed by atoms with Crippen LogP contribution < -0.4 is 4.74 Å². The van der Waals surface area contributed by atoms with Gasteiger partial charge >= 0.3 is 0 Å². The van der Waals surface area contributed by atoms with E-state index in [9.17, 15) is 4.39 Å². The van der Waals surface area contributed by atoms with Crippen molar-refractivity contribution in [2.45, 2.75) is 90.6 Å². The maximum atomic E-state index is 13.3. The summed E-state index contributed by atoms with van der Waals surface area (Å²) < 4.78 is 19.4. The molecule has 1 nitrogen and oxygen atoms in total. The van der Waals surface area contributed by atoms with Gasteiger partial charge in [-0.1, -0.05) is 71.3 Å². The number of unbranched alkanes of at least 4 members (excludes halogenated alkanes) is 4. The number of ether oxygens (including phenoxy) is 1. The molecule has 0 spiro atoms. The van der Waals surface area contributed by atoms with Crippen molar-refractivity contribution in [3.63, 3.8) is 0 Å². The monoisotopic (exact) mass is 334 g/mol. The molecule has 0 aromatic heterocycles. The van der Waals surface area contributed by atoms with Crippen LogP contribution in [-0.2, 0) is 0 Å². The quantitative estimate of drug-likeness (QED) is 0.413. The van der Waals surface area contributed by atoms with Crippen molar-refractivity contribution >= 4 is 0 Å². The Morgan fingerprint density at radius 3 is 2.46 bits per heavy atom. The number of benzene rings is 1. The van der Waals surface area contributed by atoms with Crippen LogP contribution in [0.4, 0.5) is 4.39 Å². The van der Waals surface area contributed by atoms with Crippen molar-refractivity contribution in [2.24, 2.45) is 11.8 Å². The highest BCUT2D eigenvalue weighted by molar-refractivity contribution is 5.22. The molecule has 2 rings (SSSR count). The Morgan fingerprint density at radius 1 is 1.04 bits per heavy atom. The van der Waals surface area contributed by atoms with E-state index in [1.54, 1.807) is 6.07 Å². The summed E-state index contributed by atoms with van der Waals surface area (Å²) in [4.78, 5) is 0. The highest BCUT2D eigenvalue weighted by Crippen LogP contribution is 2.36. The van der Waals surface area contributed by atoms with Crippen molar-refractivity contribution in [1.29, 1.82) is 0 Å². The summed E-state index contributed by atoms with van der Waals surface area (Å²) in [5.41, 5.74) is 0. The molecule has 0 amide bonds. The highest BCUT2D eigenvalue weighted by atomic mass is 19.1. The van der Waals surface area contributed by atoms with E-state index in [-0.39, 0.29) is 11.9 Å². The molecule has 2 heteroatoms. The van der Waals surface area contributed by atoms with Gasteiger partial charge in [0.25, 0.3) is 0 Å². The molecule has 0 N–H and O–H groups in total. The first-order valence-corrected chi connectivity index (χ1v) is 10.1. The van der Waals surface area contributed by atoms with E-state index in [1.807, 2.05) is 6.07 Å². The lowest BCUT2D eigenvalue weighted by molar-refractivity contribution is 0.0892. The second-order valence-electron chi connectivity index (χ2n) is 7.51. The number of rotatable bonds is 10. The molecule has 1 aliphatic carbocycles. The van der Waals surface area contributed by atoms with Crippen molar-refractivity contribution in [2.75, 3.05) is 0 Å². The summed E-state index contributed by atoms with van der Waals surface area (Å²) in [6, 6.07) is 6.57. The smallest absolute Gasteiger partial charge is 0.126 e. The molecule has 0 heterocycles. The maximum absolute atomic E-state index is 13.3. The first-order valence-electron chi connectivity index (χ1n) is 10.1. The van der Waals surface area contributed by atoms with Gasteiger partial charge in [0.2, 0.25) is 0 Å². The van der Waals surface area contributed by atoms with Crippen molar-refractivity contribution in [3.8, 4) is 5.75 Å². The molecule has 0 saturated heterocycles. The minimum absolute atomic E-state index is 0.214. The Bertz CT molecular complexity index is 451. The number of hydrogen-bond donors (Lipinski definition) is 0. The average Bonchev–Trinajstić information content (AvgIpc) is 2.60. The predicted octanol–water partition coefficient (Wildman–Crippen LogP) is 7.15. The van der Waals surface area contributed by atoms with Crippen LogP contribution >= 0.6 is 0 Å². The van der Waals surface area contributed by atoms with E-state index in [1.165, 1.54) is 76.3 Å². The molecular formula is C22H35FO. The van der Waals surface area contributed by atoms with E-state index in [0.717, 1.165) is 12.3 Å². The van der Waals surface area contributed by atoms with Gasteiger partial charge in [-0.2, -0.15) is 0 Å². The minimum Gasteiger partial charge on any atom is -0.490 e. The lowest BCUT2D eigenvalue weighted by Crippen LogP contribution is -2.30. The van der Waals surface area contributed by atoms with Gasteiger partial charge < -0.3 is 4.74 Å². The van der Waals surface area contributed by atoms with Gasteiger partial charge in [0, 0.05) is 6.07 Å². The van der Waals surface area contributed by atoms with E-state index in [0.29, 0.717) is 11.7 Å². The van der Waals surface area contributed by atoms with Crippen molar-refractivity contribution < 1.29 is 9.13 Å². The molecule has 0 bridgehead atoms. The fourth-order valence-corrected chi connectivity index (χ4v) is 4.11. The Labute approximate surface area is 148 Å². The predicted molar refractivity (Wildman–Crippen MR) is 99.9 cm³/mol. The van der Waals surface area contributed by atoms with Gasteiger partial charge in [-0.3, -0.25) is 0 Å². The minimum atomic E-state index is -0.214. The van der Waals surface area contributed by atoms with Crippen LogP contribution in [0, 0.1) is 17.7 Å². The summed E-state index contributed by atoms with van der Waals surface area (Å²) in [5, 5.41) is 0. The van der Waals surface area contributed by atoms with Crippen LogP contribution in [0.2, 0.25) is 0 Å². The standard InChI is InChI=1S/C22H35FO/c1-3-5-6-7-8-10-18-13-15-19(16-14-18)22(4-2)24-21-12-9-11-20(23)17-21/h9,11-12,17-19,22H,3-8,10,13-16H2,1-2H3. The molecule has 1 fully saturated rings. The zero-order valence-electron chi connectivity index (χ0n) is 15.6. The normalized spacial score (nSPS) is 22.3. The highest BCUT2D eigenvalue weighted by Gasteiger charge is 2.27. The molecule has 1 aromatic carbocycles. The van der Waals surface area contributed by atoms with Gasteiger partial charge in [0.1, 0.15) is 17.7 Å². The van der Waals surface area contributed by atoms with Gasteiger partial charge in [0.15, 0.2) is 0 Å². The van der Waals surface area contributed by atoms with E-state index in [4.69, 9.17) is 4.74 Å². The average molecular weight is 335 g/mol. The first-order chi connectivity index (χ1) is 11.7. The maximum Gasteiger partial charge on any atom is 0.126 e. The van der Waals surface area contributed by atoms with E-state index in [2.05, 4.69) is 13.8 Å². The van der Waals surface area contributed by atoms with Crippen LogP contribution in [0.15, 0.2) is 24.3 Å². The Morgan fingerprint density at radius 2 is 1.79 bits per heavy atom. The summed E-state index contributed by atoms with van der Waals surface area (Å²) in [7, 11) is 0. The molecule has 24 heavy (non-hydrogen) atoms. The van der Waals surface area contributed by atoms with Gasteiger partial charge in [-0.05, 0) is 43.2 Å². The van der Waals surface area contributed by atoms with Crippen molar-refractivity contribution in [3.05, 3.63) is 30.1 Å². The van der Waals surface area contributed by atoms with Gasteiger partial charge in [-0.15, -0.1) is 0 Å². The zero-order chi connectivity index (χ0) is 17.2. The van der Waals surface area contributed by atoms with Crippen LogP contribution in [-0.4, -0.2) is 6.10 Å². The molecule has 136 valence electrons. The molecule has 1 saturated carbocycles. The van der Waals surface area contributed by atoms with Crippen LogP contribution in [0.5, 0.6) is 5.75 Å². The largest absolute Gasteiger partial charge is 0.490 e. The molecular weight excluding hydrogens is 299 g/mol. The summed E-state index contributed by atoms with van der Waals surface area (Å²) >= 11 is 0. The van der Waals surface area contributed by atoms with Crippen LogP contribution in [0.3, 0.4) is 0 Å². The van der Waals surface area contributed by atoms with Crippen LogP contribution in [0.25, 0.3) is 0 Å². The summed E-state index contributed by atoms with van der Waals surface area (Å²) in [6.07, 6.45) is 14.8. The molecule has 1 aliphatic rings. The Hall–Kier alpha value is -1.05. The third-order valence-electron chi connectivity index (χ3n) is 5.62. The fraction of sp³-hybridized carbons (Fsp3) is 0.727. The molecule has 1 aromatic rings. The fourth-order valence-electron chi connectivity index (χ4n) is 4.11. The molecule has 0 radical (unpaired) electrons. The third-order valence-corrected chi connectivity index (χ3v) is 5.62. The second-order valence-corrected chi connectivity index (χ2v) is 7.51. The second kappa shape index (κ2) is 10.7. The third kappa shape index (κ3) is 6.45. The number of hydrogen-bond acceptors (Lipinski definition) is 1. The summed E-state index contributed by atoms with van der Waals surface area (Å²) in [5.74, 6) is 2.03. The van der Waals surface area contributed by atoms with Gasteiger partial charge in [-0.25, -0.2) is 4.39 Å². The SMILES string of the molecule is CCCCCCCC1CCC(C(CC)Oc2cccc(F)c2)CC1. The molecule has 0 aliphatic heterocycles. The molecule has 1 unspecified atom stereocenters. The number of halogens is 1. The Balaban J connectivity index is 1.71. The molecule has 1 atom stereocenters. The van der Waals surface area contributed by atoms with Crippen LogP contribution in [0.1, 0.15) is 84.5 Å². The van der Waals surface area contributed by atoms with Gasteiger partial charge in [0.05, 0.1) is 0 Å².